The van der Waals surface area contributed by atoms with Crippen LogP contribution in [0.4, 0.5) is 11.4 Å². The van der Waals surface area contributed by atoms with Gasteiger partial charge >= 0.3 is 0 Å². The summed E-state index contributed by atoms with van der Waals surface area (Å²) in [4.78, 5) is 0. The number of hydrogen-bond acceptors (Lipinski definition) is 6. The average molecular weight is 460 g/mol. The molecule has 1 atom stereocenters. The first-order chi connectivity index (χ1) is 16.7. The van der Waals surface area contributed by atoms with Crippen LogP contribution in [-0.2, 0) is 14.2 Å². The van der Waals surface area contributed by atoms with Gasteiger partial charge < -0.3 is 30.6 Å². The zero-order chi connectivity index (χ0) is 23.4. The number of nitrogens with two attached hydrogens (primary N) is 1. The first kappa shape index (κ1) is 22.9. The van der Waals surface area contributed by atoms with Gasteiger partial charge in [-0.3, -0.25) is 0 Å². The van der Waals surface area contributed by atoms with Gasteiger partial charge in [0.05, 0.1) is 49.9 Å². The van der Waals surface area contributed by atoms with Crippen molar-refractivity contribution in [3.05, 3.63) is 72.8 Å². The summed E-state index contributed by atoms with van der Waals surface area (Å²) in [7, 11) is 1.67. The average Bonchev–Trinajstić information content (AvgIpc) is 3.28. The van der Waals surface area contributed by atoms with Crippen molar-refractivity contribution in [3.8, 4) is 0 Å². The topological polar surface area (TPSA) is 77.8 Å². The fourth-order valence-electron chi connectivity index (χ4n) is 5.09. The molecule has 178 valence electrons. The largest absolute Gasteiger partial charge is 0.382 e. The van der Waals surface area contributed by atoms with Crippen molar-refractivity contribution in [1.29, 1.82) is 0 Å². The van der Waals surface area contributed by atoms with E-state index in [1.54, 1.807) is 7.11 Å². The van der Waals surface area contributed by atoms with Crippen molar-refractivity contribution >= 4 is 32.9 Å². The highest BCUT2D eigenvalue weighted by molar-refractivity contribution is 6.21. The van der Waals surface area contributed by atoms with Gasteiger partial charge in [-0.15, -0.1) is 0 Å². The van der Waals surface area contributed by atoms with Crippen LogP contribution in [0.15, 0.2) is 72.8 Å². The van der Waals surface area contributed by atoms with Crippen LogP contribution in [0.3, 0.4) is 0 Å². The Morgan fingerprint density at radius 3 is 1.88 bits per heavy atom. The van der Waals surface area contributed by atoms with E-state index in [2.05, 4.69) is 77.4 Å². The van der Waals surface area contributed by atoms with Crippen LogP contribution in [0, 0.1) is 0 Å². The van der Waals surface area contributed by atoms with Gasteiger partial charge in [0.2, 0.25) is 0 Å². The van der Waals surface area contributed by atoms with E-state index in [1.807, 2.05) is 6.08 Å². The molecule has 1 unspecified atom stereocenters. The van der Waals surface area contributed by atoms with Crippen LogP contribution < -0.4 is 16.4 Å². The molecule has 1 aliphatic carbocycles. The number of nitrogens with one attached hydrogen (secondary N) is 2. The lowest BCUT2D eigenvalue weighted by Crippen LogP contribution is -2.66. The molecule has 0 bridgehead atoms. The lowest BCUT2D eigenvalue weighted by molar-refractivity contribution is 0.0206. The molecule has 0 radical (unpaired) electrons. The minimum Gasteiger partial charge on any atom is -0.382 e. The van der Waals surface area contributed by atoms with Gasteiger partial charge in [0.15, 0.2) is 0 Å². The Kier molecular flexibility index (Phi) is 6.57. The molecule has 0 saturated carbocycles. The third kappa shape index (κ3) is 4.07. The molecule has 0 amide bonds. The molecule has 0 aromatic heterocycles. The summed E-state index contributed by atoms with van der Waals surface area (Å²) >= 11 is 0. The van der Waals surface area contributed by atoms with Gasteiger partial charge in [-0.2, -0.15) is 0 Å². The summed E-state index contributed by atoms with van der Waals surface area (Å²) in [6.45, 7) is 2.79. The first-order valence-corrected chi connectivity index (χ1v) is 11.9. The van der Waals surface area contributed by atoms with Crippen molar-refractivity contribution in [2.45, 2.75) is 24.0 Å². The zero-order valence-electron chi connectivity index (χ0n) is 19.7. The number of methoxy groups -OCH3 is 1. The standard InChI is InChI=1S/C28H33N3O3/c1-32-17-18-34-20-19-33-16-15-28(27(29)13-7-2-8-14-27)30-25-23-11-5-3-9-21(23)22-10-4-6-12-24(22)26(25)31-28/h2-13,30-31H,14-20,29H2,1H3. The fourth-order valence-corrected chi connectivity index (χ4v) is 5.09. The molecular formula is C28H33N3O3. The third-order valence-corrected chi connectivity index (χ3v) is 6.93. The number of allylic oxidation sites excluding steroid dienone is 2. The van der Waals surface area contributed by atoms with E-state index in [4.69, 9.17) is 19.9 Å². The number of fused-ring (bicyclic) bond motifs is 6. The summed E-state index contributed by atoms with van der Waals surface area (Å²) in [6, 6.07) is 17.1. The maximum atomic E-state index is 7.11. The minimum atomic E-state index is -0.624. The molecule has 0 saturated heterocycles. The number of benzene rings is 3. The first-order valence-electron chi connectivity index (χ1n) is 11.9. The van der Waals surface area contributed by atoms with Crippen molar-refractivity contribution in [2.75, 3.05) is 50.8 Å². The van der Waals surface area contributed by atoms with Gasteiger partial charge in [-0.25, -0.2) is 0 Å². The lowest BCUT2D eigenvalue weighted by atomic mass is 9.77. The van der Waals surface area contributed by atoms with E-state index >= 15 is 0 Å². The molecule has 0 fully saturated rings. The van der Waals surface area contributed by atoms with Gasteiger partial charge in [-0.05, 0) is 17.2 Å². The molecule has 4 N–H and O–H groups in total. The Morgan fingerprint density at radius 1 is 0.765 bits per heavy atom. The number of anilines is 2. The zero-order valence-corrected chi connectivity index (χ0v) is 19.7. The molecule has 3 aromatic rings. The normalized spacial score (nSPS) is 20.4. The Balaban J connectivity index is 1.45. The molecular weight excluding hydrogens is 426 g/mol. The molecule has 0 spiro atoms. The Hall–Kier alpha value is -2.90. The highest BCUT2D eigenvalue weighted by atomic mass is 16.5. The second kappa shape index (κ2) is 9.76. The molecule has 34 heavy (non-hydrogen) atoms. The van der Waals surface area contributed by atoms with E-state index in [0.717, 1.165) is 17.8 Å². The van der Waals surface area contributed by atoms with Crippen molar-refractivity contribution in [2.24, 2.45) is 5.73 Å². The number of hydrogen-bond donors (Lipinski definition) is 3. The lowest BCUT2D eigenvalue weighted by Gasteiger charge is -2.45. The third-order valence-electron chi connectivity index (χ3n) is 6.93. The van der Waals surface area contributed by atoms with Crippen LogP contribution in [0.25, 0.3) is 21.5 Å². The van der Waals surface area contributed by atoms with E-state index in [0.29, 0.717) is 39.5 Å². The minimum absolute atomic E-state index is 0.534. The second-order valence-electron chi connectivity index (χ2n) is 9.00. The van der Waals surface area contributed by atoms with Crippen LogP contribution in [0.5, 0.6) is 0 Å². The fraction of sp³-hybridized carbons (Fsp3) is 0.357. The molecule has 2 aliphatic rings. The van der Waals surface area contributed by atoms with E-state index < -0.39 is 11.2 Å². The van der Waals surface area contributed by atoms with Crippen molar-refractivity contribution < 1.29 is 14.2 Å². The number of rotatable bonds is 10. The molecule has 6 nitrogen and oxygen atoms in total. The molecule has 6 heteroatoms. The molecule has 3 aromatic carbocycles. The van der Waals surface area contributed by atoms with Gasteiger partial charge in [-0.1, -0.05) is 72.8 Å². The van der Waals surface area contributed by atoms with Gasteiger partial charge in [0, 0.05) is 24.3 Å². The van der Waals surface area contributed by atoms with Crippen LogP contribution in [0.2, 0.25) is 0 Å². The van der Waals surface area contributed by atoms with Crippen molar-refractivity contribution in [1.82, 2.24) is 0 Å². The maximum absolute atomic E-state index is 7.11. The van der Waals surface area contributed by atoms with Crippen LogP contribution >= 0.6 is 0 Å². The summed E-state index contributed by atoms with van der Waals surface area (Å²) in [5, 5.41) is 12.6. The highest BCUT2D eigenvalue weighted by Crippen LogP contribution is 2.50. The van der Waals surface area contributed by atoms with E-state index in [1.165, 1.54) is 21.5 Å². The predicted octanol–water partition coefficient (Wildman–Crippen LogP) is 4.81. The SMILES string of the molecule is COCCOCCOCCC1(C2(N)C=CC=CC2)Nc2c(c3ccccc3c3ccccc23)N1. The smallest absolute Gasteiger partial charge is 0.133 e. The Labute approximate surface area is 200 Å². The van der Waals surface area contributed by atoms with Crippen molar-refractivity contribution in [3.63, 3.8) is 0 Å². The summed E-state index contributed by atoms with van der Waals surface area (Å²) < 4.78 is 16.5. The Bertz CT molecular complexity index is 1160. The van der Waals surface area contributed by atoms with Crippen LogP contribution in [-0.4, -0.2) is 51.3 Å². The molecule has 1 aliphatic heterocycles. The van der Waals surface area contributed by atoms with E-state index in [-0.39, 0.29) is 0 Å². The summed E-state index contributed by atoms with van der Waals surface area (Å²) in [6.07, 6.45) is 9.76. The molecule has 5 rings (SSSR count). The van der Waals surface area contributed by atoms with Gasteiger partial charge in [0.1, 0.15) is 5.66 Å². The van der Waals surface area contributed by atoms with E-state index in [9.17, 15) is 0 Å². The Morgan fingerprint density at radius 2 is 1.32 bits per heavy atom. The van der Waals surface area contributed by atoms with Crippen LogP contribution in [0.1, 0.15) is 12.8 Å². The predicted molar refractivity (Wildman–Crippen MR) is 139 cm³/mol. The summed E-state index contributed by atoms with van der Waals surface area (Å²) in [5.74, 6) is 0. The molecule has 1 heterocycles. The highest BCUT2D eigenvalue weighted by Gasteiger charge is 2.51. The summed E-state index contributed by atoms with van der Waals surface area (Å²) in [5.41, 5.74) is 8.09. The maximum Gasteiger partial charge on any atom is 0.133 e. The second-order valence-corrected chi connectivity index (χ2v) is 9.00. The number of ether oxygens (including phenoxy) is 3. The quantitative estimate of drug-likeness (QED) is 0.298. The monoisotopic (exact) mass is 459 g/mol. The van der Waals surface area contributed by atoms with Gasteiger partial charge in [0.25, 0.3) is 0 Å².